The maximum absolute atomic E-state index is 12.7. The fourth-order valence-electron chi connectivity index (χ4n) is 3.63. The quantitative estimate of drug-likeness (QED) is 0.665. The van der Waals surface area contributed by atoms with Gasteiger partial charge in [0.05, 0.1) is 11.7 Å². The van der Waals surface area contributed by atoms with Gasteiger partial charge in [0, 0.05) is 30.2 Å². The summed E-state index contributed by atoms with van der Waals surface area (Å²) in [4.78, 5) is 14.6. The number of nitrogens with two attached hydrogens (primary N) is 1. The van der Waals surface area contributed by atoms with Crippen LogP contribution in [0.5, 0.6) is 0 Å². The molecule has 0 saturated carbocycles. The Kier molecular flexibility index (Phi) is 4.81. The van der Waals surface area contributed by atoms with Gasteiger partial charge >= 0.3 is 0 Å². The van der Waals surface area contributed by atoms with E-state index in [2.05, 4.69) is 27.6 Å². The standard InChI is InChI=1S/C21H25N5O/c1-14-2-4-15(5-3-14)20(22)21(27)26-10-8-17(9-11-26)24-18-6-7-19-16(12-18)13-23-25-19/h2-7,12-13,17,20,24H,8-11,22H2,1H3,(H,23,25). The number of hydrogen-bond donors (Lipinski definition) is 3. The fourth-order valence-corrected chi connectivity index (χ4v) is 3.63. The number of nitrogens with one attached hydrogen (secondary N) is 2. The van der Waals surface area contributed by atoms with Gasteiger partial charge < -0.3 is 16.0 Å². The molecular weight excluding hydrogens is 338 g/mol. The molecule has 1 aliphatic rings. The number of aromatic nitrogens is 2. The molecule has 1 aliphatic heterocycles. The van der Waals surface area contributed by atoms with Crippen LogP contribution in [0.3, 0.4) is 0 Å². The molecule has 1 amide bonds. The molecule has 2 aromatic carbocycles. The SMILES string of the molecule is Cc1ccc(C(N)C(=O)N2CCC(Nc3ccc4[nH]ncc4c3)CC2)cc1. The summed E-state index contributed by atoms with van der Waals surface area (Å²) in [5, 5.41) is 11.7. The van der Waals surface area contributed by atoms with E-state index in [9.17, 15) is 4.79 Å². The van der Waals surface area contributed by atoms with Crippen molar-refractivity contribution in [2.75, 3.05) is 18.4 Å². The largest absolute Gasteiger partial charge is 0.382 e. The number of carbonyl (C=O) groups excluding carboxylic acids is 1. The number of benzene rings is 2. The molecule has 1 saturated heterocycles. The maximum atomic E-state index is 12.7. The van der Waals surface area contributed by atoms with Gasteiger partial charge in [0.2, 0.25) is 5.91 Å². The monoisotopic (exact) mass is 363 g/mol. The molecule has 4 rings (SSSR count). The van der Waals surface area contributed by atoms with Gasteiger partial charge in [-0.25, -0.2) is 0 Å². The lowest BCUT2D eigenvalue weighted by atomic mass is 10.0. The highest BCUT2D eigenvalue weighted by molar-refractivity contribution is 5.83. The minimum absolute atomic E-state index is 0.0112. The Morgan fingerprint density at radius 3 is 2.70 bits per heavy atom. The van der Waals surface area contributed by atoms with Gasteiger partial charge in [-0.2, -0.15) is 5.10 Å². The zero-order chi connectivity index (χ0) is 18.8. The van der Waals surface area contributed by atoms with Gasteiger partial charge in [-0.15, -0.1) is 0 Å². The van der Waals surface area contributed by atoms with Gasteiger partial charge in [0.15, 0.2) is 0 Å². The van der Waals surface area contributed by atoms with Crippen molar-refractivity contribution in [1.29, 1.82) is 0 Å². The highest BCUT2D eigenvalue weighted by Crippen LogP contribution is 2.22. The number of nitrogens with zero attached hydrogens (tertiary/aromatic N) is 2. The molecule has 1 fully saturated rings. The van der Waals surface area contributed by atoms with E-state index in [0.717, 1.165) is 48.1 Å². The summed E-state index contributed by atoms with van der Waals surface area (Å²) < 4.78 is 0. The number of H-pyrrole nitrogens is 1. The van der Waals surface area contributed by atoms with Crippen molar-refractivity contribution >= 4 is 22.5 Å². The van der Waals surface area contributed by atoms with E-state index in [1.807, 2.05) is 48.4 Å². The average molecular weight is 363 g/mol. The van der Waals surface area contributed by atoms with E-state index in [0.29, 0.717) is 6.04 Å². The summed E-state index contributed by atoms with van der Waals surface area (Å²) in [6, 6.07) is 13.8. The predicted octanol–water partition coefficient (Wildman–Crippen LogP) is 2.97. The molecular formula is C21H25N5O. The van der Waals surface area contributed by atoms with E-state index in [-0.39, 0.29) is 5.91 Å². The molecule has 0 aliphatic carbocycles. The third-order valence-electron chi connectivity index (χ3n) is 5.32. The summed E-state index contributed by atoms with van der Waals surface area (Å²) in [6.45, 7) is 3.48. The third-order valence-corrected chi connectivity index (χ3v) is 5.32. The Balaban J connectivity index is 1.33. The summed E-state index contributed by atoms with van der Waals surface area (Å²) in [5.74, 6) is 0.0112. The topological polar surface area (TPSA) is 87.0 Å². The molecule has 3 aromatic rings. The summed E-state index contributed by atoms with van der Waals surface area (Å²) in [6.07, 6.45) is 3.65. The van der Waals surface area contributed by atoms with Crippen LogP contribution in [0.2, 0.25) is 0 Å². The number of amides is 1. The first kappa shape index (κ1) is 17.5. The van der Waals surface area contributed by atoms with E-state index in [1.54, 1.807) is 0 Å². The van der Waals surface area contributed by atoms with E-state index < -0.39 is 6.04 Å². The Labute approximate surface area is 158 Å². The van der Waals surface area contributed by atoms with Gasteiger partial charge in [-0.1, -0.05) is 29.8 Å². The van der Waals surface area contributed by atoms with Gasteiger partial charge in [0.1, 0.15) is 6.04 Å². The van der Waals surface area contributed by atoms with Crippen LogP contribution in [-0.2, 0) is 4.79 Å². The highest BCUT2D eigenvalue weighted by Gasteiger charge is 2.27. The lowest BCUT2D eigenvalue weighted by Gasteiger charge is -2.34. The lowest BCUT2D eigenvalue weighted by molar-refractivity contribution is -0.133. The van der Waals surface area contributed by atoms with Crippen molar-refractivity contribution in [3.05, 3.63) is 59.8 Å². The number of carbonyl (C=O) groups is 1. The van der Waals surface area contributed by atoms with Crippen LogP contribution in [0, 0.1) is 6.92 Å². The van der Waals surface area contributed by atoms with Crippen LogP contribution in [0.25, 0.3) is 10.9 Å². The zero-order valence-corrected chi connectivity index (χ0v) is 15.5. The molecule has 0 spiro atoms. The number of likely N-dealkylation sites (tertiary alicyclic amines) is 1. The molecule has 27 heavy (non-hydrogen) atoms. The Hall–Kier alpha value is -2.86. The molecule has 0 bridgehead atoms. The van der Waals surface area contributed by atoms with Crippen LogP contribution in [0.1, 0.15) is 30.0 Å². The molecule has 4 N–H and O–H groups in total. The molecule has 6 heteroatoms. The van der Waals surface area contributed by atoms with Gasteiger partial charge in [-0.3, -0.25) is 9.89 Å². The molecule has 1 atom stereocenters. The average Bonchev–Trinajstić information content (AvgIpc) is 3.16. The van der Waals surface area contributed by atoms with Crippen LogP contribution >= 0.6 is 0 Å². The van der Waals surface area contributed by atoms with Crippen LogP contribution in [0.4, 0.5) is 5.69 Å². The number of rotatable bonds is 4. The van der Waals surface area contributed by atoms with Crippen molar-refractivity contribution in [3.63, 3.8) is 0 Å². The third kappa shape index (κ3) is 3.80. The second-order valence-electron chi connectivity index (χ2n) is 7.30. The number of aryl methyl sites for hydroxylation is 1. The van der Waals surface area contributed by atoms with Gasteiger partial charge in [0.25, 0.3) is 0 Å². The number of piperidine rings is 1. The minimum atomic E-state index is -0.585. The molecule has 1 unspecified atom stereocenters. The zero-order valence-electron chi connectivity index (χ0n) is 15.5. The van der Waals surface area contributed by atoms with E-state index >= 15 is 0 Å². The highest BCUT2D eigenvalue weighted by atomic mass is 16.2. The van der Waals surface area contributed by atoms with Crippen molar-refractivity contribution in [1.82, 2.24) is 15.1 Å². The summed E-state index contributed by atoms with van der Waals surface area (Å²) in [7, 11) is 0. The van der Waals surface area contributed by atoms with E-state index in [4.69, 9.17) is 5.73 Å². The van der Waals surface area contributed by atoms with Gasteiger partial charge in [-0.05, 0) is 43.5 Å². The minimum Gasteiger partial charge on any atom is -0.382 e. The first-order valence-electron chi connectivity index (χ1n) is 9.41. The van der Waals surface area contributed by atoms with Crippen molar-refractivity contribution in [2.24, 2.45) is 5.73 Å². The second kappa shape index (κ2) is 7.40. The van der Waals surface area contributed by atoms with Crippen LogP contribution in [0.15, 0.2) is 48.7 Å². The van der Waals surface area contributed by atoms with E-state index in [1.165, 1.54) is 5.56 Å². The summed E-state index contributed by atoms with van der Waals surface area (Å²) in [5.41, 5.74) is 10.4. The fraction of sp³-hybridized carbons (Fsp3) is 0.333. The first-order chi connectivity index (χ1) is 13.1. The summed E-state index contributed by atoms with van der Waals surface area (Å²) >= 11 is 0. The van der Waals surface area contributed by atoms with Crippen molar-refractivity contribution < 1.29 is 4.79 Å². The number of aromatic amines is 1. The first-order valence-corrected chi connectivity index (χ1v) is 9.41. The normalized spacial score (nSPS) is 16.4. The smallest absolute Gasteiger partial charge is 0.244 e. The van der Waals surface area contributed by atoms with Crippen LogP contribution in [-0.4, -0.2) is 40.1 Å². The van der Waals surface area contributed by atoms with Crippen LogP contribution < -0.4 is 11.1 Å². The lowest BCUT2D eigenvalue weighted by Crippen LogP contribution is -2.45. The molecule has 6 nitrogen and oxygen atoms in total. The molecule has 0 radical (unpaired) electrons. The molecule has 2 heterocycles. The Morgan fingerprint density at radius 1 is 1.22 bits per heavy atom. The number of hydrogen-bond acceptors (Lipinski definition) is 4. The van der Waals surface area contributed by atoms with Crippen molar-refractivity contribution in [2.45, 2.75) is 31.8 Å². The Bertz CT molecular complexity index is 925. The Morgan fingerprint density at radius 2 is 1.96 bits per heavy atom. The number of anilines is 1. The molecule has 1 aromatic heterocycles. The number of fused-ring (bicyclic) bond motifs is 1. The molecule has 140 valence electrons. The maximum Gasteiger partial charge on any atom is 0.244 e. The van der Waals surface area contributed by atoms with Crippen molar-refractivity contribution in [3.8, 4) is 0 Å². The predicted molar refractivity (Wildman–Crippen MR) is 107 cm³/mol. The second-order valence-corrected chi connectivity index (χ2v) is 7.30.